The zero-order valence-corrected chi connectivity index (χ0v) is 11.9. The van der Waals surface area contributed by atoms with Gasteiger partial charge in [0.2, 0.25) is 0 Å². The SMILES string of the molecule is COCCOCCCOCC(N)(C(=O)OC)C1CC1. The fraction of sp³-hybridized carbons (Fsp3) is 0.923. The molecule has 2 N–H and O–H groups in total. The average Bonchev–Trinajstić information content (AvgIpc) is 3.25. The topological polar surface area (TPSA) is 80.0 Å². The van der Waals surface area contributed by atoms with Gasteiger partial charge < -0.3 is 24.7 Å². The van der Waals surface area contributed by atoms with Crippen LogP contribution in [0.15, 0.2) is 0 Å². The van der Waals surface area contributed by atoms with Gasteiger partial charge in [-0.15, -0.1) is 0 Å². The van der Waals surface area contributed by atoms with Crippen LogP contribution < -0.4 is 5.73 Å². The van der Waals surface area contributed by atoms with Crippen molar-refractivity contribution in [2.75, 3.05) is 47.3 Å². The number of ether oxygens (including phenoxy) is 4. The van der Waals surface area contributed by atoms with E-state index in [1.165, 1.54) is 7.11 Å². The van der Waals surface area contributed by atoms with Crippen LogP contribution in [0.2, 0.25) is 0 Å². The molecule has 1 saturated carbocycles. The standard InChI is InChI=1S/C13H25NO5/c1-16-8-9-18-6-3-7-19-10-13(14,11-4-5-11)12(15)17-2/h11H,3-10,14H2,1-2H3. The Balaban J connectivity index is 2.11. The lowest BCUT2D eigenvalue weighted by Gasteiger charge is -2.26. The van der Waals surface area contributed by atoms with Gasteiger partial charge in [0.1, 0.15) is 5.54 Å². The molecule has 0 amide bonds. The molecule has 0 saturated heterocycles. The summed E-state index contributed by atoms with van der Waals surface area (Å²) in [5, 5.41) is 0. The molecule has 0 aromatic carbocycles. The highest BCUT2D eigenvalue weighted by Gasteiger charge is 2.49. The largest absolute Gasteiger partial charge is 0.468 e. The Bertz CT molecular complexity index is 270. The van der Waals surface area contributed by atoms with Crippen LogP contribution in [0, 0.1) is 5.92 Å². The minimum absolute atomic E-state index is 0.193. The van der Waals surface area contributed by atoms with Gasteiger partial charge in [-0.2, -0.15) is 0 Å². The number of carbonyl (C=O) groups is 1. The van der Waals surface area contributed by atoms with Gasteiger partial charge in [0.15, 0.2) is 0 Å². The molecule has 1 fully saturated rings. The summed E-state index contributed by atoms with van der Waals surface area (Å²) in [5.41, 5.74) is 5.11. The van der Waals surface area contributed by atoms with Gasteiger partial charge in [0.05, 0.1) is 26.9 Å². The Hall–Kier alpha value is -0.690. The maximum atomic E-state index is 11.7. The monoisotopic (exact) mass is 275 g/mol. The highest BCUT2D eigenvalue weighted by molar-refractivity contribution is 5.81. The van der Waals surface area contributed by atoms with Crippen molar-refractivity contribution in [3.63, 3.8) is 0 Å². The number of rotatable bonds is 11. The summed E-state index contributed by atoms with van der Waals surface area (Å²) in [7, 11) is 2.99. The van der Waals surface area contributed by atoms with E-state index in [-0.39, 0.29) is 18.5 Å². The van der Waals surface area contributed by atoms with E-state index >= 15 is 0 Å². The van der Waals surface area contributed by atoms with Gasteiger partial charge >= 0.3 is 5.97 Å². The van der Waals surface area contributed by atoms with Gasteiger partial charge in [0, 0.05) is 20.3 Å². The number of nitrogens with two attached hydrogens (primary N) is 1. The van der Waals surface area contributed by atoms with Crippen LogP contribution in [-0.4, -0.2) is 58.8 Å². The predicted molar refractivity (Wildman–Crippen MR) is 69.8 cm³/mol. The third kappa shape index (κ3) is 5.44. The second-order valence-corrected chi connectivity index (χ2v) is 4.82. The zero-order chi connectivity index (χ0) is 14.1. The highest BCUT2D eigenvalue weighted by atomic mass is 16.5. The Labute approximate surface area is 114 Å². The number of esters is 1. The Morgan fingerprint density at radius 3 is 2.42 bits per heavy atom. The van der Waals surface area contributed by atoms with E-state index in [1.54, 1.807) is 7.11 Å². The van der Waals surface area contributed by atoms with E-state index in [2.05, 4.69) is 0 Å². The van der Waals surface area contributed by atoms with Crippen molar-refractivity contribution in [2.24, 2.45) is 11.7 Å². The minimum atomic E-state index is -0.980. The summed E-state index contributed by atoms with van der Waals surface area (Å²) in [6.45, 7) is 2.53. The summed E-state index contributed by atoms with van der Waals surface area (Å²) in [5.74, 6) is -0.191. The van der Waals surface area contributed by atoms with Crippen LogP contribution in [0.1, 0.15) is 19.3 Å². The third-order valence-corrected chi connectivity index (χ3v) is 3.22. The molecule has 1 aliphatic rings. The van der Waals surface area contributed by atoms with Crippen LogP contribution in [0.5, 0.6) is 0 Å². The molecule has 6 nitrogen and oxygen atoms in total. The molecule has 1 aliphatic carbocycles. The number of hydrogen-bond acceptors (Lipinski definition) is 6. The van der Waals surface area contributed by atoms with Gasteiger partial charge in [-0.05, 0) is 25.2 Å². The maximum Gasteiger partial charge on any atom is 0.328 e. The molecule has 0 aliphatic heterocycles. The van der Waals surface area contributed by atoms with E-state index in [0.29, 0.717) is 26.4 Å². The molecule has 0 radical (unpaired) electrons. The van der Waals surface area contributed by atoms with Crippen LogP contribution in [0.3, 0.4) is 0 Å². The zero-order valence-electron chi connectivity index (χ0n) is 11.9. The summed E-state index contributed by atoms with van der Waals surface area (Å²) in [6, 6.07) is 0. The van der Waals surface area contributed by atoms with Crippen molar-refractivity contribution in [3.05, 3.63) is 0 Å². The lowest BCUT2D eigenvalue weighted by Crippen LogP contribution is -2.54. The molecule has 0 aromatic heterocycles. The lowest BCUT2D eigenvalue weighted by atomic mass is 9.96. The van der Waals surface area contributed by atoms with Crippen molar-refractivity contribution in [2.45, 2.75) is 24.8 Å². The lowest BCUT2D eigenvalue weighted by molar-refractivity contribution is -0.150. The van der Waals surface area contributed by atoms with Crippen LogP contribution in [-0.2, 0) is 23.7 Å². The quantitative estimate of drug-likeness (QED) is 0.432. The molecule has 1 unspecified atom stereocenters. The van der Waals surface area contributed by atoms with E-state index in [9.17, 15) is 4.79 Å². The van der Waals surface area contributed by atoms with Crippen molar-refractivity contribution in [1.82, 2.24) is 0 Å². The summed E-state index contributed by atoms with van der Waals surface area (Å²) >= 11 is 0. The normalized spacial score (nSPS) is 18.1. The Kier molecular flexibility index (Phi) is 7.30. The van der Waals surface area contributed by atoms with Gasteiger partial charge in [-0.3, -0.25) is 0 Å². The van der Waals surface area contributed by atoms with Crippen molar-refractivity contribution in [3.8, 4) is 0 Å². The van der Waals surface area contributed by atoms with Crippen LogP contribution in [0.4, 0.5) is 0 Å². The minimum Gasteiger partial charge on any atom is -0.468 e. The highest BCUT2D eigenvalue weighted by Crippen LogP contribution is 2.39. The summed E-state index contributed by atoms with van der Waals surface area (Å²) in [6.07, 6.45) is 2.70. The second kappa shape index (κ2) is 8.47. The van der Waals surface area contributed by atoms with E-state index in [0.717, 1.165) is 19.3 Å². The van der Waals surface area contributed by atoms with Gasteiger partial charge in [-0.25, -0.2) is 4.79 Å². The first-order valence-corrected chi connectivity index (χ1v) is 6.67. The molecular formula is C13H25NO5. The number of methoxy groups -OCH3 is 2. The smallest absolute Gasteiger partial charge is 0.328 e. The second-order valence-electron chi connectivity index (χ2n) is 4.82. The van der Waals surface area contributed by atoms with Crippen LogP contribution >= 0.6 is 0 Å². The number of carbonyl (C=O) groups excluding carboxylic acids is 1. The van der Waals surface area contributed by atoms with Gasteiger partial charge in [0.25, 0.3) is 0 Å². The molecule has 112 valence electrons. The van der Waals surface area contributed by atoms with E-state index in [4.69, 9.17) is 24.7 Å². The molecule has 0 bridgehead atoms. The van der Waals surface area contributed by atoms with Crippen molar-refractivity contribution < 1.29 is 23.7 Å². The fourth-order valence-corrected chi connectivity index (χ4v) is 1.88. The molecule has 0 spiro atoms. The molecule has 0 heterocycles. The fourth-order valence-electron chi connectivity index (χ4n) is 1.88. The first-order chi connectivity index (χ1) is 9.15. The van der Waals surface area contributed by atoms with Crippen molar-refractivity contribution in [1.29, 1.82) is 0 Å². The predicted octanol–water partition coefficient (Wildman–Crippen LogP) is 0.337. The van der Waals surface area contributed by atoms with E-state index < -0.39 is 5.54 Å². The third-order valence-electron chi connectivity index (χ3n) is 3.22. The Morgan fingerprint density at radius 2 is 1.84 bits per heavy atom. The molecule has 0 aromatic rings. The van der Waals surface area contributed by atoms with Crippen molar-refractivity contribution >= 4 is 5.97 Å². The number of hydrogen-bond donors (Lipinski definition) is 1. The molecule has 6 heteroatoms. The van der Waals surface area contributed by atoms with Gasteiger partial charge in [-0.1, -0.05) is 0 Å². The maximum absolute atomic E-state index is 11.7. The first-order valence-electron chi connectivity index (χ1n) is 6.67. The molecular weight excluding hydrogens is 250 g/mol. The van der Waals surface area contributed by atoms with E-state index in [1.807, 2.05) is 0 Å². The molecule has 1 atom stereocenters. The van der Waals surface area contributed by atoms with Crippen LogP contribution in [0.25, 0.3) is 0 Å². The summed E-state index contributed by atoms with van der Waals surface area (Å²) in [4.78, 5) is 11.7. The average molecular weight is 275 g/mol. The summed E-state index contributed by atoms with van der Waals surface area (Å²) < 4.78 is 20.4. The first kappa shape index (κ1) is 16.4. The molecule has 19 heavy (non-hydrogen) atoms. The Morgan fingerprint density at radius 1 is 1.16 bits per heavy atom. The molecule has 1 rings (SSSR count).